The molecule has 1 rings (SSSR count). The molecule has 0 aliphatic heterocycles. The van der Waals surface area contributed by atoms with Crippen LogP contribution in [0.1, 0.15) is 39.7 Å². The summed E-state index contributed by atoms with van der Waals surface area (Å²) in [5, 5.41) is 4.38. The summed E-state index contributed by atoms with van der Waals surface area (Å²) in [7, 11) is 2.05. The quantitative estimate of drug-likeness (QED) is 0.780. The summed E-state index contributed by atoms with van der Waals surface area (Å²) in [4.78, 5) is 2.55. The first-order valence-corrected chi connectivity index (χ1v) is 8.06. The third-order valence-electron chi connectivity index (χ3n) is 4.68. The van der Waals surface area contributed by atoms with Gasteiger partial charge in [0.1, 0.15) is 0 Å². The number of halogens is 1. The van der Waals surface area contributed by atoms with Gasteiger partial charge in [0.2, 0.25) is 0 Å². The molecule has 0 saturated heterocycles. The van der Waals surface area contributed by atoms with E-state index >= 15 is 0 Å². The van der Waals surface area contributed by atoms with Crippen molar-refractivity contribution in [3.63, 3.8) is 0 Å². The van der Waals surface area contributed by atoms with Crippen LogP contribution in [0.4, 0.5) is 0 Å². The Morgan fingerprint density at radius 1 is 1.20 bits per heavy atom. The van der Waals surface area contributed by atoms with Crippen molar-refractivity contribution in [3.8, 4) is 0 Å². The zero-order valence-corrected chi connectivity index (χ0v) is 14.3. The number of rotatable bonds is 8. The highest BCUT2D eigenvalue weighted by Gasteiger charge is 2.36. The van der Waals surface area contributed by atoms with Crippen molar-refractivity contribution in [1.82, 2.24) is 10.2 Å². The molecule has 2 atom stereocenters. The van der Waals surface area contributed by atoms with Gasteiger partial charge >= 0.3 is 0 Å². The highest BCUT2D eigenvalue weighted by Crippen LogP contribution is 2.27. The summed E-state index contributed by atoms with van der Waals surface area (Å²) < 4.78 is 0. The molecule has 1 N–H and O–H groups in total. The highest BCUT2D eigenvalue weighted by atomic mass is 35.5. The molecule has 0 fully saturated rings. The van der Waals surface area contributed by atoms with E-state index < -0.39 is 0 Å². The molecular weight excluding hydrogens is 268 g/mol. The van der Waals surface area contributed by atoms with Crippen LogP contribution < -0.4 is 5.32 Å². The van der Waals surface area contributed by atoms with Gasteiger partial charge in [-0.1, -0.05) is 50.6 Å². The van der Waals surface area contributed by atoms with Gasteiger partial charge in [-0.2, -0.15) is 0 Å². The lowest BCUT2D eigenvalue weighted by molar-refractivity contribution is 0.0730. The minimum absolute atomic E-state index is 0.136. The predicted octanol–water partition coefficient (Wildman–Crippen LogP) is 3.98. The fourth-order valence-electron chi connectivity index (χ4n) is 3.15. The van der Waals surface area contributed by atoms with Crippen molar-refractivity contribution in [2.45, 2.75) is 52.1 Å². The zero-order valence-electron chi connectivity index (χ0n) is 13.5. The average Bonchev–Trinajstić information content (AvgIpc) is 2.47. The summed E-state index contributed by atoms with van der Waals surface area (Å²) in [5.74, 6) is 0. The first-order valence-electron chi connectivity index (χ1n) is 7.69. The summed E-state index contributed by atoms with van der Waals surface area (Å²) in [6.07, 6.45) is 2.07. The Morgan fingerprint density at radius 3 is 2.25 bits per heavy atom. The lowest BCUT2D eigenvalue weighted by atomic mass is 9.83. The maximum atomic E-state index is 6.32. The van der Waals surface area contributed by atoms with Crippen molar-refractivity contribution in [1.29, 1.82) is 0 Å². The van der Waals surface area contributed by atoms with E-state index in [4.69, 9.17) is 11.6 Å². The van der Waals surface area contributed by atoms with Crippen LogP contribution in [-0.4, -0.2) is 36.6 Å². The Bertz CT molecular complexity index is 404. The summed E-state index contributed by atoms with van der Waals surface area (Å²) >= 11 is 6.32. The van der Waals surface area contributed by atoms with Gasteiger partial charge in [0, 0.05) is 16.6 Å². The van der Waals surface area contributed by atoms with E-state index in [1.165, 1.54) is 5.56 Å². The SMILES string of the molecule is CCN(CC)C(C)(CC)C(Cc1ccccc1Cl)NC. The maximum absolute atomic E-state index is 6.32. The maximum Gasteiger partial charge on any atom is 0.0438 e. The molecule has 0 saturated carbocycles. The molecule has 0 radical (unpaired) electrons. The molecule has 0 amide bonds. The van der Waals surface area contributed by atoms with Crippen LogP contribution in [0.15, 0.2) is 24.3 Å². The van der Waals surface area contributed by atoms with Gasteiger partial charge in [0.25, 0.3) is 0 Å². The summed E-state index contributed by atoms with van der Waals surface area (Å²) in [5.41, 5.74) is 1.36. The fraction of sp³-hybridized carbons (Fsp3) is 0.647. The molecule has 0 spiro atoms. The molecule has 2 nitrogen and oxygen atoms in total. The van der Waals surface area contributed by atoms with Gasteiger partial charge in [0.15, 0.2) is 0 Å². The number of likely N-dealkylation sites (N-methyl/N-ethyl adjacent to an activating group) is 2. The number of benzene rings is 1. The second-order valence-corrected chi connectivity index (χ2v) is 5.93. The number of hydrogen-bond donors (Lipinski definition) is 1. The topological polar surface area (TPSA) is 15.3 Å². The van der Waals surface area contributed by atoms with Crippen LogP contribution in [0.3, 0.4) is 0 Å². The molecule has 0 aliphatic carbocycles. The van der Waals surface area contributed by atoms with E-state index in [2.05, 4.69) is 57.1 Å². The molecule has 20 heavy (non-hydrogen) atoms. The minimum atomic E-state index is 0.136. The van der Waals surface area contributed by atoms with Crippen LogP contribution in [0.2, 0.25) is 5.02 Å². The minimum Gasteiger partial charge on any atom is -0.315 e. The van der Waals surface area contributed by atoms with Crippen molar-refractivity contribution >= 4 is 11.6 Å². The number of hydrogen-bond acceptors (Lipinski definition) is 2. The summed E-state index contributed by atoms with van der Waals surface area (Å²) in [6, 6.07) is 8.54. The van der Waals surface area contributed by atoms with Gasteiger partial charge in [0.05, 0.1) is 0 Å². The van der Waals surface area contributed by atoms with Gasteiger partial charge in [-0.25, -0.2) is 0 Å². The second kappa shape index (κ2) is 8.02. The molecule has 2 unspecified atom stereocenters. The Hall–Kier alpha value is -0.570. The molecule has 0 aliphatic rings. The second-order valence-electron chi connectivity index (χ2n) is 5.52. The van der Waals surface area contributed by atoms with E-state index in [-0.39, 0.29) is 5.54 Å². The van der Waals surface area contributed by atoms with Crippen molar-refractivity contribution < 1.29 is 0 Å². The normalized spacial score (nSPS) is 16.1. The van der Waals surface area contributed by atoms with Crippen molar-refractivity contribution in [3.05, 3.63) is 34.9 Å². The fourth-order valence-corrected chi connectivity index (χ4v) is 3.37. The number of nitrogens with zero attached hydrogens (tertiary/aromatic N) is 1. The van der Waals surface area contributed by atoms with Gasteiger partial charge < -0.3 is 5.32 Å². The van der Waals surface area contributed by atoms with Crippen LogP contribution in [-0.2, 0) is 6.42 Å². The Morgan fingerprint density at radius 2 is 1.80 bits per heavy atom. The third kappa shape index (κ3) is 3.75. The largest absolute Gasteiger partial charge is 0.315 e. The van der Waals surface area contributed by atoms with Crippen LogP contribution in [0, 0.1) is 0 Å². The van der Waals surface area contributed by atoms with E-state index in [0.717, 1.165) is 31.0 Å². The van der Waals surface area contributed by atoms with Crippen LogP contribution in [0.25, 0.3) is 0 Å². The van der Waals surface area contributed by atoms with E-state index in [0.29, 0.717) is 6.04 Å². The highest BCUT2D eigenvalue weighted by molar-refractivity contribution is 6.31. The Balaban J connectivity index is 3.01. The lowest BCUT2D eigenvalue weighted by Gasteiger charge is -2.46. The first kappa shape index (κ1) is 17.5. The smallest absolute Gasteiger partial charge is 0.0438 e. The van der Waals surface area contributed by atoms with Gasteiger partial charge in [-0.3, -0.25) is 4.90 Å². The van der Waals surface area contributed by atoms with Crippen molar-refractivity contribution in [2.75, 3.05) is 20.1 Å². The Kier molecular flexibility index (Phi) is 7.01. The zero-order chi connectivity index (χ0) is 15.2. The lowest BCUT2D eigenvalue weighted by Crippen LogP contribution is -2.59. The number of nitrogens with one attached hydrogen (secondary N) is 1. The van der Waals surface area contributed by atoms with E-state index in [1.807, 2.05) is 12.1 Å². The first-order chi connectivity index (χ1) is 9.53. The molecule has 114 valence electrons. The van der Waals surface area contributed by atoms with E-state index in [1.54, 1.807) is 0 Å². The summed E-state index contributed by atoms with van der Waals surface area (Å²) in [6.45, 7) is 11.2. The van der Waals surface area contributed by atoms with E-state index in [9.17, 15) is 0 Å². The van der Waals surface area contributed by atoms with Gasteiger partial charge in [-0.05, 0) is 51.5 Å². The molecule has 0 bridgehead atoms. The molecule has 0 aromatic heterocycles. The third-order valence-corrected chi connectivity index (χ3v) is 5.05. The van der Waals surface area contributed by atoms with Crippen LogP contribution >= 0.6 is 11.6 Å². The monoisotopic (exact) mass is 296 g/mol. The average molecular weight is 297 g/mol. The van der Waals surface area contributed by atoms with Crippen LogP contribution in [0.5, 0.6) is 0 Å². The predicted molar refractivity (Wildman–Crippen MR) is 89.6 cm³/mol. The molecule has 1 aromatic rings. The molecule has 0 heterocycles. The molecule has 1 aromatic carbocycles. The van der Waals surface area contributed by atoms with Gasteiger partial charge in [-0.15, -0.1) is 0 Å². The van der Waals surface area contributed by atoms with Crippen molar-refractivity contribution in [2.24, 2.45) is 0 Å². The Labute approximate surface area is 129 Å². The molecule has 3 heteroatoms. The molecular formula is C17H29ClN2. The standard InChI is InChI=1S/C17H29ClN2/c1-6-17(4,20(7-2)8-3)16(19-5)13-14-11-9-10-12-15(14)18/h9-12,16,19H,6-8,13H2,1-5H3.